The lowest BCUT2D eigenvalue weighted by molar-refractivity contribution is -0.00497. The molecule has 17 atom stereocenters. The average Bonchev–Trinajstić information content (AvgIpc) is 1.55. The Morgan fingerprint density at radius 3 is 2.56 bits per heavy atom. The van der Waals surface area contributed by atoms with Gasteiger partial charge in [-0.3, -0.25) is 0 Å². The number of rotatable bonds is 18. The van der Waals surface area contributed by atoms with Gasteiger partial charge in [-0.1, -0.05) is 96.7 Å². The van der Waals surface area contributed by atoms with E-state index in [-0.39, 0.29) is 65.2 Å². The molecule has 2 aromatic carbocycles. The number of aromatic amines is 1. The van der Waals surface area contributed by atoms with Crippen LogP contribution in [0, 0.1) is 57.7 Å². The van der Waals surface area contributed by atoms with E-state index in [0.29, 0.717) is 84.2 Å². The quantitative estimate of drug-likeness (QED) is 0.0194. The van der Waals surface area contributed by atoms with E-state index in [9.17, 15) is 25.5 Å². The summed E-state index contributed by atoms with van der Waals surface area (Å²) >= 11 is 0. The van der Waals surface area contributed by atoms with Crippen LogP contribution in [-0.4, -0.2) is 91.9 Å². The number of aliphatic imine (C=N–C) groups is 1. The molecule has 466 valence electrons. The van der Waals surface area contributed by atoms with Gasteiger partial charge in [0.15, 0.2) is 17.5 Å². The molecule has 5 saturated carbocycles. The van der Waals surface area contributed by atoms with Gasteiger partial charge < -0.3 is 61.8 Å². The molecule has 0 amide bonds. The number of aliphatic hydroxyl groups excluding tert-OH is 3. The van der Waals surface area contributed by atoms with Crippen molar-refractivity contribution in [1.82, 2.24) is 15.6 Å². The van der Waals surface area contributed by atoms with Gasteiger partial charge in [0.2, 0.25) is 0 Å². The molecule has 9 aliphatic carbocycles. The fourth-order valence-electron chi connectivity index (χ4n) is 19.7. The number of fused-ring (bicyclic) bond motifs is 5. The number of allylic oxidation sites excluding steroid dienone is 4. The third-order valence-corrected chi connectivity index (χ3v) is 26.4. The standard InChI is InChI=1S/C71H98N6O7S2/c1-42(79)36-74-37-57-54-35-60(76-67(54)55-21-27-71(57)24-7-12-66(71)70(55)22-3-4-23-70)63(82)39-83-65-29-44(14-17-62(65)81)13-16-53-32-50(38-78)64(84-53)18-15-45-19-25-69-26-20-46-33-56(69)49(28-45)34-59(72)58(69)40-85-86-41-61(43(46)2)77-68(73)75-51-10-5-8-47(30-51)48-9-6-11-52(80)31-48/h6,9,11,14,17,20-21,26-27,29,31-32,35,42-43,45-47,49,51,55-59,61,63,66,74,76,78-82H,3-5,7-8,10,12-13,15-16,18-19,22-25,28,30,33-34,36-41,72H2,1-2H3,(H3,73,75,77). The van der Waals surface area contributed by atoms with E-state index in [4.69, 9.17) is 25.6 Å². The number of hydrogen-bond donors (Lipinski definition) is 10. The summed E-state index contributed by atoms with van der Waals surface area (Å²) in [7, 11) is 3.95. The zero-order valence-corrected chi connectivity index (χ0v) is 52.7. The Balaban J connectivity index is 0.633. The lowest BCUT2D eigenvalue weighted by atomic mass is 9.50. The van der Waals surface area contributed by atoms with Crippen LogP contribution in [-0.2, 0) is 25.9 Å². The minimum absolute atomic E-state index is 0.00973. The molecule has 7 bridgehead atoms. The first-order chi connectivity index (χ1) is 41.7. The molecule has 4 aromatic rings. The third kappa shape index (κ3) is 11.8. The van der Waals surface area contributed by atoms with Crippen LogP contribution < -0.4 is 26.8 Å². The summed E-state index contributed by atoms with van der Waals surface area (Å²) in [6.07, 6.45) is 30.9. The van der Waals surface area contributed by atoms with Crippen LogP contribution in [0.3, 0.4) is 0 Å². The van der Waals surface area contributed by atoms with Crippen molar-refractivity contribution in [2.24, 2.45) is 74.1 Å². The molecule has 6 fully saturated rings. The van der Waals surface area contributed by atoms with Crippen LogP contribution in [0.25, 0.3) is 0 Å². The van der Waals surface area contributed by atoms with E-state index in [1.54, 1.807) is 12.1 Å². The maximum absolute atomic E-state index is 11.9. The van der Waals surface area contributed by atoms with Crippen molar-refractivity contribution in [1.29, 1.82) is 0 Å². The van der Waals surface area contributed by atoms with Crippen LogP contribution in [0.1, 0.15) is 192 Å². The predicted octanol–water partition coefficient (Wildman–Crippen LogP) is 12.4. The van der Waals surface area contributed by atoms with Gasteiger partial charge in [0.05, 0.1) is 18.8 Å². The van der Waals surface area contributed by atoms with E-state index in [2.05, 4.69) is 59.0 Å². The van der Waals surface area contributed by atoms with Gasteiger partial charge >= 0.3 is 0 Å². The Kier molecular flexibility index (Phi) is 18.0. The number of nitrogens with two attached hydrogens (primary N) is 2. The van der Waals surface area contributed by atoms with E-state index >= 15 is 0 Å². The molecule has 2 aliphatic heterocycles. The number of hydrogen-bond acceptors (Lipinski definition) is 12. The molecule has 86 heavy (non-hydrogen) atoms. The summed E-state index contributed by atoms with van der Waals surface area (Å²) in [5, 5.41) is 61.3. The average molecular weight is 1210 g/mol. The highest BCUT2D eigenvalue weighted by molar-refractivity contribution is 8.76. The largest absolute Gasteiger partial charge is 0.508 e. The lowest BCUT2D eigenvalue weighted by Crippen LogP contribution is -2.55. The Bertz CT molecular complexity index is 3100. The minimum Gasteiger partial charge on any atom is -0.508 e. The van der Waals surface area contributed by atoms with Gasteiger partial charge in [0.25, 0.3) is 0 Å². The first-order valence-electron chi connectivity index (χ1n) is 33.5. The Morgan fingerprint density at radius 2 is 1.72 bits per heavy atom. The second-order valence-corrected chi connectivity index (χ2v) is 31.2. The minimum atomic E-state index is -0.923. The number of phenolic OH excluding ortho intramolecular Hbond substituents is 2. The summed E-state index contributed by atoms with van der Waals surface area (Å²) in [5.74, 6) is 9.42. The lowest BCUT2D eigenvalue weighted by Gasteiger charge is -2.56. The van der Waals surface area contributed by atoms with Gasteiger partial charge in [0.1, 0.15) is 30.0 Å². The maximum Gasteiger partial charge on any atom is 0.189 e. The Hall–Kier alpha value is -4.35. The van der Waals surface area contributed by atoms with Crippen LogP contribution in [0.2, 0.25) is 0 Å². The Morgan fingerprint density at radius 1 is 0.872 bits per heavy atom. The molecular weight excluding hydrogens is 1110 g/mol. The van der Waals surface area contributed by atoms with Gasteiger partial charge in [-0.15, -0.1) is 0 Å². The zero-order chi connectivity index (χ0) is 59.3. The molecule has 15 heteroatoms. The molecular formula is C71H98N6O7S2. The summed E-state index contributed by atoms with van der Waals surface area (Å²) in [6, 6.07) is 18.0. The molecule has 11 aliphatic rings. The molecule has 13 nitrogen and oxygen atoms in total. The smallest absolute Gasteiger partial charge is 0.189 e. The van der Waals surface area contributed by atoms with Crippen LogP contribution in [0.5, 0.6) is 17.2 Å². The van der Waals surface area contributed by atoms with Crippen molar-refractivity contribution in [2.75, 3.05) is 31.2 Å². The van der Waals surface area contributed by atoms with Crippen molar-refractivity contribution in [3.63, 3.8) is 0 Å². The van der Waals surface area contributed by atoms with Crippen LogP contribution in [0.15, 0.2) is 88.3 Å². The van der Waals surface area contributed by atoms with Crippen molar-refractivity contribution in [3.8, 4) is 17.2 Å². The number of aromatic nitrogens is 1. The second-order valence-electron chi connectivity index (χ2n) is 28.7. The number of aryl methyl sites for hydroxylation is 3. The van der Waals surface area contributed by atoms with Gasteiger partial charge in [-0.25, -0.2) is 4.99 Å². The topological polar surface area (TPSA) is 228 Å². The summed E-state index contributed by atoms with van der Waals surface area (Å²) in [4.78, 5) is 9.09. The highest BCUT2D eigenvalue weighted by Gasteiger charge is 2.64. The number of aromatic hydroxyl groups is 2. The first kappa shape index (κ1) is 60.6. The molecule has 17 unspecified atom stereocenters. The number of H-pyrrole nitrogens is 1. The highest BCUT2D eigenvalue weighted by Crippen LogP contribution is 2.72. The van der Waals surface area contributed by atoms with Gasteiger partial charge in [-0.2, -0.15) is 0 Å². The van der Waals surface area contributed by atoms with E-state index in [1.807, 2.05) is 58.8 Å². The fraction of sp³-hybridized carbons (Fsp3) is 0.648. The predicted molar refractivity (Wildman–Crippen MR) is 345 cm³/mol. The molecule has 0 radical (unpaired) electrons. The number of ether oxygens (including phenoxy) is 1. The SMILES string of the molecule is CC(O)CNCC1c2cc(C(O)COc3cc(CCc4cc(CO)c(CCC5CCC67C=CC8CC6C(C5)CC(N)C7CSSCC(N=C(N)NC5CCCC(c6cccc(O)c6)C5)C8C)o4)ccc3O)[nH]c2C2C=CC13CCCC3C21CCCC1. The summed E-state index contributed by atoms with van der Waals surface area (Å²) < 4.78 is 12.9. The van der Waals surface area contributed by atoms with Crippen molar-refractivity contribution in [3.05, 3.63) is 124 Å². The number of furan rings is 1. The number of guanidine groups is 1. The van der Waals surface area contributed by atoms with Crippen LogP contribution >= 0.6 is 21.6 Å². The van der Waals surface area contributed by atoms with Gasteiger partial charge in [0, 0.05) is 78.3 Å². The highest BCUT2D eigenvalue weighted by atomic mass is 33.1. The van der Waals surface area contributed by atoms with E-state index in [1.165, 1.54) is 81.0 Å². The van der Waals surface area contributed by atoms with Gasteiger partial charge in [-0.05, 0) is 213 Å². The number of aliphatic hydroxyl groups is 3. The Labute approximate surface area is 518 Å². The molecule has 12 N–H and O–H groups in total. The molecule has 15 rings (SSSR count). The zero-order valence-electron chi connectivity index (χ0n) is 51.0. The number of nitrogens with one attached hydrogen (secondary N) is 3. The molecule has 4 heterocycles. The number of phenols is 2. The van der Waals surface area contributed by atoms with Crippen molar-refractivity contribution >= 4 is 27.5 Å². The van der Waals surface area contributed by atoms with E-state index in [0.717, 1.165) is 97.8 Å². The van der Waals surface area contributed by atoms with E-state index < -0.39 is 12.2 Å². The first-order valence-corrected chi connectivity index (χ1v) is 35.9. The number of nitrogens with zero attached hydrogens (tertiary/aromatic N) is 1. The molecule has 1 saturated heterocycles. The van der Waals surface area contributed by atoms with Crippen molar-refractivity contribution < 1.29 is 34.7 Å². The maximum atomic E-state index is 11.9. The van der Waals surface area contributed by atoms with Crippen molar-refractivity contribution in [2.45, 2.75) is 197 Å². The normalized spacial score (nSPS) is 35.1. The number of benzene rings is 2. The second kappa shape index (κ2) is 25.5. The summed E-state index contributed by atoms with van der Waals surface area (Å²) in [6.45, 7) is 5.51. The van der Waals surface area contributed by atoms with Crippen LogP contribution in [0.4, 0.5) is 0 Å². The third-order valence-electron chi connectivity index (χ3n) is 23.9. The molecule has 2 aromatic heterocycles. The summed E-state index contributed by atoms with van der Waals surface area (Å²) in [5.41, 5.74) is 20.9. The molecule has 3 spiro atoms. The monoisotopic (exact) mass is 1210 g/mol. The fourth-order valence-corrected chi connectivity index (χ4v) is 22.6.